The largest absolute Gasteiger partial charge is 0.489 e. The van der Waals surface area contributed by atoms with E-state index in [-0.39, 0.29) is 0 Å². The van der Waals surface area contributed by atoms with E-state index in [1.165, 1.54) is 33.2 Å². The van der Waals surface area contributed by atoms with E-state index in [1.54, 1.807) is 0 Å². The molecule has 0 unspecified atom stereocenters. The van der Waals surface area contributed by atoms with Crippen molar-refractivity contribution in [3.8, 4) is 44.5 Å². The lowest BCUT2D eigenvalue weighted by Crippen LogP contribution is -2.31. The average molecular weight is 320 g/mol. The van der Waals surface area contributed by atoms with Crippen LogP contribution in [0.2, 0.25) is 0 Å². The third-order valence-corrected chi connectivity index (χ3v) is 5.59. The Labute approximate surface area is 145 Å². The molecule has 0 spiro atoms. The molecular weight excluding hydrogens is 307 g/mol. The summed E-state index contributed by atoms with van der Waals surface area (Å²) in [6.45, 7) is 0. The minimum Gasteiger partial charge on any atom is -0.423 e. The minimum absolute atomic E-state index is 0.586. The molecule has 0 bridgehead atoms. The number of hydrogen-bond acceptors (Lipinski definition) is 2. The summed E-state index contributed by atoms with van der Waals surface area (Å²) in [4.78, 5) is 0. The Morgan fingerprint density at radius 1 is 0.520 bits per heavy atom. The molecule has 0 atom stereocenters. The van der Waals surface area contributed by atoms with E-state index in [4.69, 9.17) is 0 Å². The van der Waals surface area contributed by atoms with Gasteiger partial charge in [-0.05, 0) is 60.7 Å². The third kappa shape index (κ3) is 1.49. The van der Waals surface area contributed by atoms with E-state index >= 15 is 0 Å². The molecule has 25 heavy (non-hydrogen) atoms. The van der Waals surface area contributed by atoms with Crippen molar-refractivity contribution in [3.63, 3.8) is 0 Å². The molecule has 116 valence electrons. The quantitative estimate of drug-likeness (QED) is 0.452. The number of benzene rings is 4. The van der Waals surface area contributed by atoms with Crippen LogP contribution in [0.3, 0.4) is 0 Å². The molecule has 0 aromatic heterocycles. The predicted molar refractivity (Wildman–Crippen MR) is 103 cm³/mol. The lowest BCUT2D eigenvalue weighted by atomic mass is 9.73. The molecule has 2 aliphatic carbocycles. The van der Waals surface area contributed by atoms with Crippen LogP contribution in [0.4, 0.5) is 0 Å². The summed E-state index contributed by atoms with van der Waals surface area (Å²) in [5.74, 6) is 0. The fraction of sp³-hybridized carbons (Fsp3) is 0. The van der Waals surface area contributed by atoms with Gasteiger partial charge in [0.05, 0.1) is 0 Å². The lowest BCUT2D eigenvalue weighted by molar-refractivity contribution is 0.426. The molecule has 6 rings (SSSR count). The SMILES string of the molecule is OB(O)c1cc2c3c(ccc4c3c1-c1ccccc1-4)-c1ccccc1-2. The first-order valence-corrected chi connectivity index (χ1v) is 8.45. The van der Waals surface area contributed by atoms with E-state index < -0.39 is 7.12 Å². The van der Waals surface area contributed by atoms with Gasteiger partial charge in [-0.2, -0.15) is 0 Å². The normalized spacial score (nSPS) is 12.4. The summed E-state index contributed by atoms with van der Waals surface area (Å²) < 4.78 is 0. The molecule has 3 heteroatoms. The smallest absolute Gasteiger partial charge is 0.423 e. The zero-order valence-electron chi connectivity index (χ0n) is 13.3. The van der Waals surface area contributed by atoms with Crippen molar-refractivity contribution in [1.29, 1.82) is 0 Å². The van der Waals surface area contributed by atoms with Gasteiger partial charge in [0.2, 0.25) is 0 Å². The van der Waals surface area contributed by atoms with Crippen LogP contribution in [-0.4, -0.2) is 17.2 Å². The van der Waals surface area contributed by atoms with Gasteiger partial charge in [0, 0.05) is 0 Å². The first kappa shape index (κ1) is 13.4. The first-order valence-electron chi connectivity index (χ1n) is 8.45. The highest BCUT2D eigenvalue weighted by atomic mass is 16.4. The number of hydrogen-bond donors (Lipinski definition) is 2. The van der Waals surface area contributed by atoms with Gasteiger partial charge in [-0.1, -0.05) is 66.7 Å². The molecule has 0 aliphatic heterocycles. The maximum Gasteiger partial charge on any atom is 0.489 e. The van der Waals surface area contributed by atoms with Crippen molar-refractivity contribution >= 4 is 23.4 Å². The summed E-state index contributed by atoms with van der Waals surface area (Å²) in [7, 11) is -1.49. The van der Waals surface area contributed by atoms with Crippen molar-refractivity contribution < 1.29 is 10.0 Å². The molecule has 0 fully saturated rings. The van der Waals surface area contributed by atoms with Crippen LogP contribution in [0.1, 0.15) is 0 Å². The molecular formula is C22H13BO2. The monoisotopic (exact) mass is 320 g/mol. The second kappa shape index (κ2) is 4.39. The molecule has 4 aromatic carbocycles. The third-order valence-electron chi connectivity index (χ3n) is 5.59. The predicted octanol–water partition coefficient (Wildman–Crippen LogP) is 3.81. The van der Waals surface area contributed by atoms with Gasteiger partial charge in [0.25, 0.3) is 0 Å². The highest BCUT2D eigenvalue weighted by Crippen LogP contribution is 2.55. The average Bonchev–Trinajstić information content (AvgIpc) is 3.14. The van der Waals surface area contributed by atoms with Crippen LogP contribution in [0.15, 0.2) is 66.7 Å². The first-order chi connectivity index (χ1) is 12.3. The van der Waals surface area contributed by atoms with Crippen molar-refractivity contribution in [2.24, 2.45) is 0 Å². The molecule has 4 aromatic rings. The Morgan fingerprint density at radius 3 is 1.68 bits per heavy atom. The van der Waals surface area contributed by atoms with Gasteiger partial charge < -0.3 is 10.0 Å². The second-order valence-electron chi connectivity index (χ2n) is 6.76. The zero-order chi connectivity index (χ0) is 16.7. The Balaban J connectivity index is 1.89. The second-order valence-corrected chi connectivity index (χ2v) is 6.76. The lowest BCUT2D eigenvalue weighted by Gasteiger charge is -2.12. The van der Waals surface area contributed by atoms with E-state index in [9.17, 15) is 10.0 Å². The topological polar surface area (TPSA) is 40.5 Å². The van der Waals surface area contributed by atoms with E-state index in [2.05, 4.69) is 42.5 Å². The number of rotatable bonds is 1. The molecule has 0 heterocycles. The van der Waals surface area contributed by atoms with Crippen molar-refractivity contribution in [2.45, 2.75) is 0 Å². The van der Waals surface area contributed by atoms with E-state index in [1.807, 2.05) is 24.3 Å². The molecule has 0 radical (unpaired) electrons. The molecule has 0 saturated heterocycles. The van der Waals surface area contributed by atoms with Crippen LogP contribution in [0.25, 0.3) is 55.3 Å². The zero-order valence-corrected chi connectivity index (χ0v) is 13.3. The van der Waals surface area contributed by atoms with Crippen molar-refractivity contribution in [1.82, 2.24) is 0 Å². The molecule has 0 saturated carbocycles. The highest BCUT2D eigenvalue weighted by molar-refractivity contribution is 6.62. The van der Waals surface area contributed by atoms with Gasteiger partial charge >= 0.3 is 7.12 Å². The van der Waals surface area contributed by atoms with Crippen LogP contribution >= 0.6 is 0 Å². The summed E-state index contributed by atoms with van der Waals surface area (Å²) in [6.07, 6.45) is 0. The molecule has 2 N–H and O–H groups in total. The Kier molecular flexibility index (Phi) is 2.36. The Hall–Kier alpha value is -2.88. The van der Waals surface area contributed by atoms with Gasteiger partial charge in [0.15, 0.2) is 0 Å². The minimum atomic E-state index is -1.49. The van der Waals surface area contributed by atoms with Gasteiger partial charge in [-0.15, -0.1) is 0 Å². The van der Waals surface area contributed by atoms with Crippen molar-refractivity contribution in [2.75, 3.05) is 0 Å². The van der Waals surface area contributed by atoms with Gasteiger partial charge in [-0.25, -0.2) is 0 Å². The Bertz CT molecular complexity index is 1220. The maximum absolute atomic E-state index is 10.1. The molecule has 2 nitrogen and oxygen atoms in total. The molecule has 0 amide bonds. The van der Waals surface area contributed by atoms with Crippen LogP contribution in [0, 0.1) is 0 Å². The standard InChI is InChI=1S/C22H13BO2/c24-23(25)19-11-18-13-6-2-1-5-12(13)16-9-10-17-14-7-3-4-8-15(14)21(19)22(17)20(16)18/h1-11,24-25H. The van der Waals surface area contributed by atoms with Gasteiger partial charge in [-0.3, -0.25) is 0 Å². The fourth-order valence-electron chi connectivity index (χ4n) is 4.63. The summed E-state index contributed by atoms with van der Waals surface area (Å²) in [6, 6.07) is 22.9. The molecule has 2 aliphatic rings. The van der Waals surface area contributed by atoms with Crippen molar-refractivity contribution in [3.05, 3.63) is 66.7 Å². The summed E-state index contributed by atoms with van der Waals surface area (Å²) in [5.41, 5.74) is 9.70. The summed E-state index contributed by atoms with van der Waals surface area (Å²) >= 11 is 0. The Morgan fingerprint density at radius 2 is 1.04 bits per heavy atom. The van der Waals surface area contributed by atoms with E-state index in [0.717, 1.165) is 22.1 Å². The van der Waals surface area contributed by atoms with Crippen LogP contribution < -0.4 is 5.46 Å². The fourth-order valence-corrected chi connectivity index (χ4v) is 4.63. The highest BCUT2D eigenvalue weighted by Gasteiger charge is 2.33. The number of fused-ring (bicyclic) bond motifs is 6. The van der Waals surface area contributed by atoms with E-state index in [0.29, 0.717) is 5.46 Å². The maximum atomic E-state index is 10.1. The van der Waals surface area contributed by atoms with Crippen LogP contribution in [-0.2, 0) is 0 Å². The summed E-state index contributed by atoms with van der Waals surface area (Å²) in [5, 5.41) is 22.5. The van der Waals surface area contributed by atoms with Crippen LogP contribution in [0.5, 0.6) is 0 Å². The van der Waals surface area contributed by atoms with Gasteiger partial charge in [0.1, 0.15) is 0 Å².